The average molecular weight is 423 g/mol. The van der Waals surface area contributed by atoms with E-state index >= 15 is 0 Å². The van der Waals surface area contributed by atoms with Crippen LogP contribution in [0.4, 0.5) is 5.69 Å². The number of imide groups is 1. The second-order valence-corrected chi connectivity index (χ2v) is 9.05. The van der Waals surface area contributed by atoms with Crippen LogP contribution in [0.3, 0.4) is 0 Å². The SMILES string of the molecule is Cc1ccc(N2C(=O)[C@@H]3[C@H](C2=O)[C@@H]2CCCN2[C@@H]3C(=O)c2ccc(Cl)cc2)c(C)c1. The number of carbonyl (C=O) groups is 3. The van der Waals surface area contributed by atoms with E-state index in [1.807, 2.05) is 32.0 Å². The summed E-state index contributed by atoms with van der Waals surface area (Å²) in [5.41, 5.74) is 3.13. The molecule has 3 heterocycles. The van der Waals surface area contributed by atoms with Gasteiger partial charge >= 0.3 is 0 Å². The first-order chi connectivity index (χ1) is 14.4. The molecule has 3 saturated heterocycles. The van der Waals surface area contributed by atoms with Crippen molar-refractivity contribution in [1.82, 2.24) is 4.90 Å². The summed E-state index contributed by atoms with van der Waals surface area (Å²) in [6.07, 6.45) is 1.77. The van der Waals surface area contributed by atoms with Crippen LogP contribution in [-0.2, 0) is 9.59 Å². The third kappa shape index (κ3) is 2.76. The first-order valence-corrected chi connectivity index (χ1v) is 10.8. The Morgan fingerprint density at radius 1 is 1.00 bits per heavy atom. The molecule has 0 aliphatic carbocycles. The van der Waals surface area contributed by atoms with Crippen LogP contribution in [0.2, 0.25) is 5.02 Å². The van der Waals surface area contributed by atoms with Gasteiger partial charge in [0.05, 0.1) is 23.6 Å². The van der Waals surface area contributed by atoms with E-state index in [1.165, 1.54) is 4.90 Å². The second-order valence-electron chi connectivity index (χ2n) is 8.62. The summed E-state index contributed by atoms with van der Waals surface area (Å²) in [6, 6.07) is 11.8. The molecule has 0 saturated carbocycles. The largest absolute Gasteiger partial charge is 0.292 e. The number of nitrogens with zero attached hydrogens (tertiary/aromatic N) is 2. The van der Waals surface area contributed by atoms with Crippen molar-refractivity contribution in [3.8, 4) is 0 Å². The number of Topliss-reactive ketones (excluding diaryl/α,β-unsaturated/α-hetero) is 1. The number of anilines is 1. The van der Waals surface area contributed by atoms with E-state index in [-0.39, 0.29) is 23.6 Å². The van der Waals surface area contributed by atoms with Crippen LogP contribution in [-0.4, -0.2) is 41.1 Å². The molecule has 4 atom stereocenters. The first-order valence-electron chi connectivity index (χ1n) is 10.4. The molecule has 0 N–H and O–H groups in total. The van der Waals surface area contributed by atoms with E-state index < -0.39 is 17.9 Å². The fourth-order valence-electron chi connectivity index (χ4n) is 5.59. The Morgan fingerprint density at radius 3 is 2.40 bits per heavy atom. The molecule has 3 fully saturated rings. The molecule has 0 spiro atoms. The number of amides is 2. The Kier molecular flexibility index (Phi) is 4.56. The molecule has 2 aromatic rings. The minimum Gasteiger partial charge on any atom is -0.292 e. The van der Waals surface area contributed by atoms with Crippen LogP contribution in [0.5, 0.6) is 0 Å². The summed E-state index contributed by atoms with van der Waals surface area (Å²) >= 11 is 5.98. The maximum absolute atomic E-state index is 13.6. The van der Waals surface area contributed by atoms with Gasteiger partial charge in [0.1, 0.15) is 0 Å². The molecule has 3 aliphatic rings. The molecule has 0 radical (unpaired) electrons. The van der Waals surface area contributed by atoms with Crippen LogP contribution in [0, 0.1) is 25.7 Å². The third-order valence-electron chi connectivity index (χ3n) is 6.84. The van der Waals surface area contributed by atoms with Gasteiger partial charge < -0.3 is 0 Å². The van der Waals surface area contributed by atoms with Crippen molar-refractivity contribution in [1.29, 1.82) is 0 Å². The summed E-state index contributed by atoms with van der Waals surface area (Å²) in [4.78, 5) is 44.0. The molecule has 2 amide bonds. The smallest absolute Gasteiger partial charge is 0.239 e. The Balaban J connectivity index is 1.56. The van der Waals surface area contributed by atoms with Gasteiger partial charge in [-0.25, -0.2) is 4.90 Å². The van der Waals surface area contributed by atoms with Crippen molar-refractivity contribution >= 4 is 34.9 Å². The lowest BCUT2D eigenvalue weighted by molar-refractivity contribution is -0.123. The zero-order chi connectivity index (χ0) is 21.2. The molecule has 6 heteroatoms. The fourth-order valence-corrected chi connectivity index (χ4v) is 5.72. The van der Waals surface area contributed by atoms with Crippen LogP contribution in [0.15, 0.2) is 42.5 Å². The highest BCUT2D eigenvalue weighted by Gasteiger charge is 2.64. The minimum absolute atomic E-state index is 0.0524. The molecule has 5 nitrogen and oxygen atoms in total. The van der Waals surface area contributed by atoms with Crippen LogP contribution in [0.1, 0.15) is 34.3 Å². The molecule has 0 bridgehead atoms. The Bertz CT molecular complexity index is 1060. The number of halogens is 1. The molecule has 154 valence electrons. The summed E-state index contributed by atoms with van der Waals surface area (Å²) in [5, 5.41) is 0.558. The molecule has 0 unspecified atom stereocenters. The molecular formula is C24H23ClN2O3. The van der Waals surface area contributed by atoms with Gasteiger partial charge in [0.25, 0.3) is 0 Å². The number of fused-ring (bicyclic) bond motifs is 3. The number of benzene rings is 2. The summed E-state index contributed by atoms with van der Waals surface area (Å²) in [7, 11) is 0. The van der Waals surface area contributed by atoms with Gasteiger partial charge in [-0.1, -0.05) is 29.3 Å². The standard InChI is InChI=1S/C24H23ClN2O3/c1-13-5-10-17(14(2)12-13)27-23(29)19-18-4-3-11-26(18)21(20(19)24(27)30)22(28)15-6-8-16(25)9-7-15/h5-10,12,18-21H,3-4,11H2,1-2H3/t18-,19+,20+,21-/m0/s1. The van der Waals surface area contributed by atoms with E-state index in [0.29, 0.717) is 16.3 Å². The normalized spacial score (nSPS) is 28.2. The zero-order valence-electron chi connectivity index (χ0n) is 17.0. The van der Waals surface area contributed by atoms with Crippen LogP contribution < -0.4 is 4.90 Å². The van der Waals surface area contributed by atoms with Gasteiger partial charge in [-0.2, -0.15) is 0 Å². The van der Waals surface area contributed by atoms with E-state index in [2.05, 4.69) is 4.90 Å². The second kappa shape index (κ2) is 7.03. The predicted molar refractivity (Wildman–Crippen MR) is 115 cm³/mol. The van der Waals surface area contributed by atoms with Crippen LogP contribution in [0.25, 0.3) is 0 Å². The van der Waals surface area contributed by atoms with E-state index in [1.54, 1.807) is 24.3 Å². The van der Waals surface area contributed by atoms with E-state index in [9.17, 15) is 14.4 Å². The van der Waals surface area contributed by atoms with Gasteiger partial charge in [-0.15, -0.1) is 0 Å². The average Bonchev–Trinajstić information content (AvgIpc) is 3.35. The summed E-state index contributed by atoms with van der Waals surface area (Å²) < 4.78 is 0. The number of hydrogen-bond donors (Lipinski definition) is 0. The Hall–Kier alpha value is -2.50. The summed E-state index contributed by atoms with van der Waals surface area (Å²) in [6.45, 7) is 4.64. The number of rotatable bonds is 3. The maximum Gasteiger partial charge on any atom is 0.239 e. The topological polar surface area (TPSA) is 57.7 Å². The monoisotopic (exact) mass is 422 g/mol. The van der Waals surface area contributed by atoms with Crippen molar-refractivity contribution in [2.45, 2.75) is 38.8 Å². The molecule has 2 aromatic carbocycles. The number of aryl methyl sites for hydroxylation is 2. The quantitative estimate of drug-likeness (QED) is 0.557. The molecule has 3 aliphatic heterocycles. The lowest BCUT2D eigenvalue weighted by atomic mass is 9.85. The van der Waals surface area contributed by atoms with E-state index in [0.717, 1.165) is 30.5 Å². The van der Waals surface area contributed by atoms with Crippen molar-refractivity contribution in [2.24, 2.45) is 11.8 Å². The van der Waals surface area contributed by atoms with Crippen LogP contribution >= 0.6 is 11.6 Å². The van der Waals surface area contributed by atoms with Gasteiger partial charge in [-0.05, 0) is 69.1 Å². The number of ketones is 1. The fraction of sp³-hybridized carbons (Fsp3) is 0.375. The zero-order valence-corrected chi connectivity index (χ0v) is 17.7. The highest BCUT2D eigenvalue weighted by molar-refractivity contribution is 6.30. The highest BCUT2D eigenvalue weighted by atomic mass is 35.5. The Morgan fingerprint density at radius 2 is 1.70 bits per heavy atom. The van der Waals surface area contributed by atoms with Crippen molar-refractivity contribution in [2.75, 3.05) is 11.4 Å². The lowest BCUT2D eigenvalue weighted by Crippen LogP contribution is -2.46. The van der Waals surface area contributed by atoms with Gasteiger partial charge in [-0.3, -0.25) is 19.3 Å². The first kappa shape index (κ1) is 19.5. The van der Waals surface area contributed by atoms with Crippen molar-refractivity contribution in [3.63, 3.8) is 0 Å². The maximum atomic E-state index is 13.6. The third-order valence-corrected chi connectivity index (χ3v) is 7.09. The van der Waals surface area contributed by atoms with Gasteiger partial charge in [0, 0.05) is 16.6 Å². The van der Waals surface area contributed by atoms with Gasteiger partial charge in [0.15, 0.2) is 5.78 Å². The number of hydrogen-bond acceptors (Lipinski definition) is 4. The highest BCUT2D eigenvalue weighted by Crippen LogP contribution is 2.48. The van der Waals surface area contributed by atoms with Crippen molar-refractivity contribution in [3.05, 3.63) is 64.2 Å². The number of carbonyl (C=O) groups excluding carboxylic acids is 3. The molecule has 30 heavy (non-hydrogen) atoms. The molecule has 0 aromatic heterocycles. The van der Waals surface area contributed by atoms with E-state index in [4.69, 9.17) is 11.6 Å². The summed E-state index contributed by atoms with van der Waals surface area (Å²) in [5.74, 6) is -1.61. The molecular weight excluding hydrogens is 400 g/mol. The predicted octanol–water partition coefficient (Wildman–Crippen LogP) is 3.79. The minimum atomic E-state index is -0.633. The Labute approximate surface area is 180 Å². The van der Waals surface area contributed by atoms with Gasteiger partial charge in [0.2, 0.25) is 11.8 Å². The van der Waals surface area contributed by atoms with Crippen molar-refractivity contribution < 1.29 is 14.4 Å². The lowest BCUT2D eigenvalue weighted by Gasteiger charge is -2.28. The molecule has 5 rings (SSSR count).